The van der Waals surface area contributed by atoms with Crippen LogP contribution in [0.4, 0.5) is 11.4 Å². The first kappa shape index (κ1) is 19.7. The zero-order valence-electron chi connectivity index (χ0n) is 16.4. The lowest BCUT2D eigenvalue weighted by molar-refractivity contribution is -0.00521. The molecule has 2 unspecified atom stereocenters. The van der Waals surface area contributed by atoms with Crippen LogP contribution in [0.5, 0.6) is 0 Å². The summed E-state index contributed by atoms with van der Waals surface area (Å²) in [5.41, 5.74) is 3.29. The van der Waals surface area contributed by atoms with E-state index in [4.69, 9.17) is 4.74 Å². The third kappa shape index (κ3) is 4.68. The Hall–Kier alpha value is -2.64. The van der Waals surface area contributed by atoms with Gasteiger partial charge < -0.3 is 15.0 Å². The quantitative estimate of drug-likeness (QED) is 0.630. The molecule has 1 aromatic heterocycles. The van der Waals surface area contributed by atoms with Gasteiger partial charge in [0.15, 0.2) is 0 Å². The number of rotatable bonds is 4. The largest absolute Gasteiger partial charge is 0.372 e. The second-order valence-electron chi connectivity index (χ2n) is 7.31. The number of amides is 1. The van der Waals surface area contributed by atoms with Crippen molar-refractivity contribution in [1.82, 2.24) is 9.78 Å². The number of anilines is 2. The molecular formula is C22H23BrN4O2. The number of ether oxygens (including phenoxy) is 1. The van der Waals surface area contributed by atoms with Crippen molar-refractivity contribution in [1.29, 1.82) is 0 Å². The van der Waals surface area contributed by atoms with Gasteiger partial charge in [0.05, 0.1) is 29.7 Å². The summed E-state index contributed by atoms with van der Waals surface area (Å²) in [5, 5.41) is 7.23. The average Bonchev–Trinajstić information content (AvgIpc) is 3.19. The lowest BCUT2D eigenvalue weighted by atomic mass is 10.2. The van der Waals surface area contributed by atoms with Gasteiger partial charge in [0, 0.05) is 35.1 Å². The monoisotopic (exact) mass is 454 g/mol. The summed E-state index contributed by atoms with van der Waals surface area (Å²) in [4.78, 5) is 14.9. The molecule has 6 nitrogen and oxygen atoms in total. The molecule has 0 spiro atoms. The molecule has 2 aromatic carbocycles. The molecular weight excluding hydrogens is 432 g/mol. The van der Waals surface area contributed by atoms with Crippen LogP contribution in [0.15, 0.2) is 65.4 Å². The predicted octanol–water partition coefficient (Wildman–Crippen LogP) is 4.50. The zero-order valence-corrected chi connectivity index (χ0v) is 18.0. The molecule has 0 saturated carbocycles. The van der Waals surface area contributed by atoms with Crippen LogP contribution in [0, 0.1) is 0 Å². The summed E-state index contributed by atoms with van der Waals surface area (Å²) in [7, 11) is 0. The fraction of sp³-hybridized carbons (Fsp3) is 0.273. The highest BCUT2D eigenvalue weighted by molar-refractivity contribution is 9.10. The Bertz CT molecular complexity index is 975. The summed E-state index contributed by atoms with van der Waals surface area (Å²) in [5.74, 6) is -0.185. The lowest BCUT2D eigenvalue weighted by Crippen LogP contribution is -2.45. The number of benzene rings is 2. The number of carbonyl (C=O) groups is 1. The molecule has 7 heteroatoms. The van der Waals surface area contributed by atoms with Crippen molar-refractivity contribution in [3.05, 3.63) is 71.0 Å². The number of carbonyl (C=O) groups excluding carboxylic acids is 1. The third-order valence-electron chi connectivity index (χ3n) is 4.85. The number of halogens is 1. The van der Waals surface area contributed by atoms with Crippen molar-refractivity contribution in [2.45, 2.75) is 26.1 Å². The van der Waals surface area contributed by atoms with Crippen LogP contribution < -0.4 is 10.2 Å². The van der Waals surface area contributed by atoms with Crippen LogP contribution in [0.1, 0.15) is 24.2 Å². The Balaban J connectivity index is 1.42. The molecule has 2 heterocycles. The number of morpholine rings is 1. The van der Waals surface area contributed by atoms with Gasteiger partial charge in [-0.2, -0.15) is 5.10 Å². The first-order valence-corrected chi connectivity index (χ1v) is 10.4. The highest BCUT2D eigenvalue weighted by atomic mass is 79.9. The van der Waals surface area contributed by atoms with Gasteiger partial charge in [-0.1, -0.05) is 15.9 Å². The Labute approximate surface area is 178 Å². The van der Waals surface area contributed by atoms with Gasteiger partial charge in [-0.25, -0.2) is 4.68 Å². The number of hydrogen-bond donors (Lipinski definition) is 1. The molecule has 1 amide bonds. The van der Waals surface area contributed by atoms with Gasteiger partial charge in [-0.15, -0.1) is 0 Å². The molecule has 0 bridgehead atoms. The van der Waals surface area contributed by atoms with Crippen LogP contribution in [-0.4, -0.2) is 41.0 Å². The minimum atomic E-state index is -0.185. The van der Waals surface area contributed by atoms with Gasteiger partial charge >= 0.3 is 0 Å². The van der Waals surface area contributed by atoms with E-state index in [0.29, 0.717) is 5.56 Å². The smallest absolute Gasteiger partial charge is 0.258 e. The second kappa shape index (κ2) is 8.39. The minimum absolute atomic E-state index is 0.185. The van der Waals surface area contributed by atoms with E-state index in [1.54, 1.807) is 17.1 Å². The Morgan fingerprint density at radius 1 is 1.03 bits per heavy atom. The highest BCUT2D eigenvalue weighted by Crippen LogP contribution is 2.23. The molecule has 2 atom stereocenters. The van der Waals surface area contributed by atoms with E-state index < -0.39 is 0 Å². The maximum atomic E-state index is 12.6. The van der Waals surface area contributed by atoms with Crippen LogP contribution in [0.2, 0.25) is 0 Å². The summed E-state index contributed by atoms with van der Waals surface area (Å²) in [6, 6.07) is 15.7. The van der Waals surface area contributed by atoms with E-state index in [9.17, 15) is 4.79 Å². The van der Waals surface area contributed by atoms with E-state index in [2.05, 4.69) is 45.1 Å². The summed E-state index contributed by atoms with van der Waals surface area (Å²) in [6.07, 6.45) is 3.71. The van der Waals surface area contributed by atoms with Crippen molar-refractivity contribution >= 4 is 33.2 Å². The molecule has 1 saturated heterocycles. The second-order valence-corrected chi connectivity index (χ2v) is 8.23. The van der Waals surface area contributed by atoms with E-state index in [1.807, 2.05) is 48.5 Å². The zero-order chi connectivity index (χ0) is 20.4. The first-order valence-electron chi connectivity index (χ1n) is 9.60. The van der Waals surface area contributed by atoms with Crippen LogP contribution >= 0.6 is 15.9 Å². The van der Waals surface area contributed by atoms with Crippen molar-refractivity contribution in [3.63, 3.8) is 0 Å². The minimum Gasteiger partial charge on any atom is -0.372 e. The summed E-state index contributed by atoms with van der Waals surface area (Å²) in [6.45, 7) is 5.91. The van der Waals surface area contributed by atoms with Gasteiger partial charge in [-0.3, -0.25) is 4.79 Å². The maximum Gasteiger partial charge on any atom is 0.258 e. The first-order chi connectivity index (χ1) is 14.0. The van der Waals surface area contributed by atoms with E-state index >= 15 is 0 Å². The fourth-order valence-corrected chi connectivity index (χ4v) is 3.79. The molecule has 150 valence electrons. The topological polar surface area (TPSA) is 59.4 Å². The molecule has 29 heavy (non-hydrogen) atoms. The molecule has 0 radical (unpaired) electrons. The number of hydrogen-bond acceptors (Lipinski definition) is 4. The van der Waals surface area contributed by atoms with Gasteiger partial charge in [0.25, 0.3) is 5.91 Å². The molecule has 1 aliphatic heterocycles. The lowest BCUT2D eigenvalue weighted by Gasteiger charge is -2.36. The van der Waals surface area contributed by atoms with Crippen molar-refractivity contribution in [2.24, 2.45) is 0 Å². The SMILES string of the molecule is CC1CN(c2ccc(NC(=O)c3cnn(-c4ccc(Br)cc4)c3)cc2)CC(C)O1. The van der Waals surface area contributed by atoms with E-state index in [1.165, 1.54) is 0 Å². The number of nitrogens with one attached hydrogen (secondary N) is 1. The van der Waals surface area contributed by atoms with Crippen molar-refractivity contribution in [3.8, 4) is 5.69 Å². The normalized spacial score (nSPS) is 19.2. The molecule has 1 fully saturated rings. The highest BCUT2D eigenvalue weighted by Gasteiger charge is 2.22. The van der Waals surface area contributed by atoms with Crippen LogP contribution in [0.3, 0.4) is 0 Å². The summed E-state index contributed by atoms with van der Waals surface area (Å²) >= 11 is 3.42. The van der Waals surface area contributed by atoms with Gasteiger partial charge in [0.1, 0.15) is 0 Å². The molecule has 1 N–H and O–H groups in total. The Morgan fingerprint density at radius 2 is 1.66 bits per heavy atom. The summed E-state index contributed by atoms with van der Waals surface area (Å²) < 4.78 is 8.48. The Morgan fingerprint density at radius 3 is 2.31 bits per heavy atom. The van der Waals surface area contributed by atoms with Crippen LogP contribution in [0.25, 0.3) is 5.69 Å². The maximum absolute atomic E-state index is 12.6. The van der Waals surface area contributed by atoms with E-state index in [0.717, 1.165) is 34.6 Å². The molecule has 0 aliphatic carbocycles. The average molecular weight is 455 g/mol. The van der Waals surface area contributed by atoms with Crippen LogP contribution in [-0.2, 0) is 4.74 Å². The van der Waals surface area contributed by atoms with Gasteiger partial charge in [-0.05, 0) is 62.4 Å². The standard InChI is InChI=1S/C22H23BrN4O2/c1-15-12-26(13-16(2)29-15)20-9-5-19(6-10-20)25-22(28)17-11-24-27(14-17)21-7-3-18(23)4-8-21/h3-11,14-16H,12-13H2,1-2H3,(H,25,28). The fourth-order valence-electron chi connectivity index (χ4n) is 3.52. The Kier molecular flexibility index (Phi) is 5.69. The van der Waals surface area contributed by atoms with E-state index in [-0.39, 0.29) is 18.1 Å². The molecule has 3 aromatic rings. The predicted molar refractivity (Wildman–Crippen MR) is 118 cm³/mol. The molecule has 1 aliphatic rings. The number of nitrogens with zero attached hydrogens (tertiary/aromatic N) is 3. The molecule has 4 rings (SSSR count). The van der Waals surface area contributed by atoms with Crippen molar-refractivity contribution in [2.75, 3.05) is 23.3 Å². The van der Waals surface area contributed by atoms with Crippen molar-refractivity contribution < 1.29 is 9.53 Å². The van der Waals surface area contributed by atoms with Gasteiger partial charge in [0.2, 0.25) is 0 Å². The number of aromatic nitrogens is 2. The third-order valence-corrected chi connectivity index (χ3v) is 5.37.